The molecule has 0 radical (unpaired) electrons. The minimum Gasteiger partial charge on any atom is -0.370 e. The summed E-state index contributed by atoms with van der Waals surface area (Å²) in [6.07, 6.45) is 1.91. The van der Waals surface area contributed by atoms with E-state index in [9.17, 15) is 28.8 Å². The first kappa shape index (κ1) is 31.9. The van der Waals surface area contributed by atoms with E-state index in [1.54, 1.807) is 0 Å². The first-order valence-corrected chi connectivity index (χ1v) is 12.4. The second-order valence-corrected chi connectivity index (χ2v) is 9.02. The molecule has 7 amide bonds. The van der Waals surface area contributed by atoms with E-state index in [4.69, 9.17) is 22.9 Å². The summed E-state index contributed by atoms with van der Waals surface area (Å²) in [6, 6.07) is -4.50. The maximum atomic E-state index is 13.5. The third-order valence-electron chi connectivity index (χ3n) is 5.85. The van der Waals surface area contributed by atoms with Crippen molar-refractivity contribution in [2.45, 2.75) is 76.5 Å². The molecule has 0 unspecified atom stereocenters. The van der Waals surface area contributed by atoms with Crippen molar-refractivity contribution in [3.63, 3.8) is 0 Å². The largest absolute Gasteiger partial charge is 0.370 e. The van der Waals surface area contributed by atoms with Crippen LogP contribution in [0.5, 0.6) is 0 Å². The number of rotatable bonds is 15. The average Bonchev–Trinajstić information content (AvgIpc) is 3.31. The molecule has 1 aliphatic rings. The fourth-order valence-corrected chi connectivity index (χ4v) is 3.95. The van der Waals surface area contributed by atoms with E-state index >= 15 is 0 Å². The lowest BCUT2D eigenvalue weighted by Gasteiger charge is -2.30. The van der Waals surface area contributed by atoms with Gasteiger partial charge in [-0.3, -0.25) is 29.0 Å². The van der Waals surface area contributed by atoms with Crippen molar-refractivity contribution in [3.05, 3.63) is 0 Å². The molecule has 0 saturated carbocycles. The van der Waals surface area contributed by atoms with Gasteiger partial charge in [-0.1, -0.05) is 0 Å². The molecule has 16 nitrogen and oxygen atoms in total. The first-order valence-electron chi connectivity index (χ1n) is 12.4. The zero-order chi connectivity index (χ0) is 28.8. The van der Waals surface area contributed by atoms with E-state index in [0.717, 1.165) is 0 Å². The molecule has 1 heterocycles. The van der Waals surface area contributed by atoms with Crippen LogP contribution in [-0.4, -0.2) is 90.2 Å². The van der Waals surface area contributed by atoms with Crippen molar-refractivity contribution in [2.24, 2.45) is 27.9 Å². The van der Waals surface area contributed by atoms with Crippen molar-refractivity contribution in [1.29, 1.82) is 0 Å². The SMILES string of the molecule is CC(=O)N[C@@H](CCCNC(N)=O)C(=O)N[C@@H](CCCN=C(N)N)C(=O)N1CCC[C@H]1C(=O)N[C@H](C)C(N)=O. The third-order valence-corrected chi connectivity index (χ3v) is 5.85. The Labute approximate surface area is 221 Å². The van der Waals surface area contributed by atoms with Gasteiger partial charge in [0.1, 0.15) is 24.2 Å². The molecular formula is C22H40N10O6. The van der Waals surface area contributed by atoms with Crippen LogP contribution in [0.3, 0.4) is 0 Å². The monoisotopic (exact) mass is 540 g/mol. The van der Waals surface area contributed by atoms with Gasteiger partial charge in [0.2, 0.25) is 29.5 Å². The maximum Gasteiger partial charge on any atom is 0.312 e. The summed E-state index contributed by atoms with van der Waals surface area (Å²) in [5.74, 6) is -2.91. The Morgan fingerprint density at radius 1 is 0.947 bits per heavy atom. The normalized spacial score (nSPS) is 16.9. The molecule has 0 aliphatic carbocycles. The molecule has 16 heteroatoms. The van der Waals surface area contributed by atoms with Crippen molar-refractivity contribution in [3.8, 4) is 0 Å². The van der Waals surface area contributed by atoms with Crippen LogP contribution in [0, 0.1) is 0 Å². The zero-order valence-corrected chi connectivity index (χ0v) is 21.8. The fourth-order valence-electron chi connectivity index (χ4n) is 3.95. The van der Waals surface area contributed by atoms with Gasteiger partial charge < -0.3 is 49.1 Å². The van der Waals surface area contributed by atoms with Gasteiger partial charge in [0.05, 0.1) is 0 Å². The minimum atomic E-state index is -1.04. The first-order chi connectivity index (χ1) is 17.8. The quantitative estimate of drug-likeness (QED) is 0.0583. The van der Waals surface area contributed by atoms with E-state index in [2.05, 4.69) is 26.3 Å². The number of carbonyl (C=O) groups excluding carboxylic acids is 6. The highest BCUT2D eigenvalue weighted by molar-refractivity contribution is 5.95. The molecule has 1 saturated heterocycles. The van der Waals surface area contributed by atoms with E-state index in [1.165, 1.54) is 18.7 Å². The van der Waals surface area contributed by atoms with Crippen molar-refractivity contribution in [1.82, 2.24) is 26.2 Å². The molecule has 4 atom stereocenters. The lowest BCUT2D eigenvalue weighted by atomic mass is 10.1. The molecular weight excluding hydrogens is 500 g/mol. The topological polar surface area (TPSA) is 270 Å². The van der Waals surface area contributed by atoms with Crippen LogP contribution < -0.4 is 44.2 Å². The van der Waals surface area contributed by atoms with Crippen LogP contribution in [0.1, 0.15) is 52.4 Å². The molecule has 0 aromatic carbocycles. The van der Waals surface area contributed by atoms with Gasteiger partial charge >= 0.3 is 6.03 Å². The fraction of sp³-hybridized carbons (Fsp3) is 0.682. The van der Waals surface area contributed by atoms with Crippen molar-refractivity contribution in [2.75, 3.05) is 19.6 Å². The number of urea groups is 1. The van der Waals surface area contributed by atoms with Gasteiger partial charge in [0, 0.05) is 26.6 Å². The minimum absolute atomic E-state index is 0.118. The van der Waals surface area contributed by atoms with E-state index in [0.29, 0.717) is 25.7 Å². The molecule has 1 aliphatic heterocycles. The summed E-state index contributed by atoms with van der Waals surface area (Å²) in [4.78, 5) is 78.5. The van der Waals surface area contributed by atoms with E-state index in [-0.39, 0.29) is 38.4 Å². The second-order valence-electron chi connectivity index (χ2n) is 9.02. The Bertz CT molecular complexity index is 907. The van der Waals surface area contributed by atoms with Gasteiger partial charge in [0.15, 0.2) is 5.96 Å². The van der Waals surface area contributed by atoms with Crippen LogP contribution in [0.25, 0.3) is 0 Å². The Morgan fingerprint density at radius 3 is 2.18 bits per heavy atom. The van der Waals surface area contributed by atoms with Crippen LogP contribution in [0.15, 0.2) is 4.99 Å². The van der Waals surface area contributed by atoms with Crippen LogP contribution in [0.2, 0.25) is 0 Å². The second kappa shape index (κ2) is 15.9. The number of carbonyl (C=O) groups is 6. The van der Waals surface area contributed by atoms with Gasteiger partial charge in [0.25, 0.3) is 0 Å². The number of likely N-dealkylation sites (tertiary alicyclic amines) is 1. The molecule has 0 spiro atoms. The van der Waals surface area contributed by atoms with E-state index in [1.807, 2.05) is 0 Å². The maximum absolute atomic E-state index is 13.5. The Kier molecular flexibility index (Phi) is 13.3. The number of guanidine groups is 1. The Balaban J connectivity index is 3.03. The smallest absolute Gasteiger partial charge is 0.312 e. The number of hydrogen-bond acceptors (Lipinski definition) is 7. The van der Waals surface area contributed by atoms with Crippen LogP contribution in [-0.2, 0) is 24.0 Å². The van der Waals surface area contributed by atoms with Crippen LogP contribution in [0.4, 0.5) is 4.79 Å². The van der Waals surface area contributed by atoms with Gasteiger partial charge in [-0.15, -0.1) is 0 Å². The lowest BCUT2D eigenvalue weighted by molar-refractivity contribution is -0.142. The number of nitrogens with two attached hydrogens (primary N) is 4. The molecule has 0 aromatic rings. The number of hydrogen-bond donors (Lipinski definition) is 8. The summed E-state index contributed by atoms with van der Waals surface area (Å²) in [5, 5.41) is 10.1. The van der Waals surface area contributed by atoms with Crippen LogP contribution >= 0.6 is 0 Å². The summed E-state index contributed by atoms with van der Waals surface area (Å²) in [5.41, 5.74) is 21.0. The number of amides is 7. The van der Waals surface area contributed by atoms with Crippen molar-refractivity contribution >= 4 is 41.5 Å². The summed E-state index contributed by atoms with van der Waals surface area (Å²) >= 11 is 0. The number of primary amides is 2. The van der Waals surface area contributed by atoms with Gasteiger partial charge in [-0.25, -0.2) is 4.79 Å². The lowest BCUT2D eigenvalue weighted by Crippen LogP contribution is -2.57. The van der Waals surface area contributed by atoms with Crippen molar-refractivity contribution < 1.29 is 28.8 Å². The van der Waals surface area contributed by atoms with Gasteiger partial charge in [-0.2, -0.15) is 0 Å². The predicted molar refractivity (Wildman–Crippen MR) is 138 cm³/mol. The predicted octanol–water partition coefficient (Wildman–Crippen LogP) is -3.54. The summed E-state index contributed by atoms with van der Waals surface area (Å²) in [7, 11) is 0. The highest BCUT2D eigenvalue weighted by Gasteiger charge is 2.38. The molecule has 0 bridgehead atoms. The molecule has 0 aromatic heterocycles. The zero-order valence-electron chi connectivity index (χ0n) is 21.8. The highest BCUT2D eigenvalue weighted by atomic mass is 16.2. The Morgan fingerprint density at radius 2 is 1.61 bits per heavy atom. The number of nitrogens with one attached hydrogen (secondary N) is 4. The standard InChI is InChI=1S/C22H40N10O6/c1-12(17(23)34)29-19(36)16-8-5-11-32(16)20(37)15(7-4-9-27-21(24)25)31-18(35)14(30-13(2)33)6-3-10-28-22(26)38/h12,14-16H,3-11H2,1-2H3,(H2,23,34)(H,29,36)(H,30,33)(H,31,35)(H4,24,25,27)(H3,26,28,38)/t12-,14+,15+,16+/m1/s1. The average molecular weight is 541 g/mol. The molecule has 12 N–H and O–H groups in total. The van der Waals surface area contributed by atoms with Gasteiger partial charge in [-0.05, 0) is 45.4 Å². The van der Waals surface area contributed by atoms with E-state index < -0.39 is 59.7 Å². The number of aliphatic imine (C=N–C) groups is 1. The molecule has 38 heavy (non-hydrogen) atoms. The molecule has 214 valence electrons. The molecule has 1 fully saturated rings. The third kappa shape index (κ3) is 11.3. The summed E-state index contributed by atoms with van der Waals surface area (Å²) < 4.78 is 0. The molecule has 1 rings (SSSR count). The number of nitrogens with zero attached hydrogens (tertiary/aromatic N) is 2. The summed E-state index contributed by atoms with van der Waals surface area (Å²) in [6.45, 7) is 3.36. The highest BCUT2D eigenvalue weighted by Crippen LogP contribution is 2.20. The Hall–Kier alpha value is -4.11.